The standard InChI is InChI=1S/C19H16F3N5O2/c1-29-18(28)15-12(3-2-4-14(15)20)16-13(17(21)22)8-23-19(26-16)25-10-7-24-27(9-10)11-5-6-11/h2-4,7-9,11,17H,5-6H2,1H3,(H,23,25,26). The monoisotopic (exact) mass is 403 g/mol. The molecule has 150 valence electrons. The first-order valence-electron chi connectivity index (χ1n) is 8.81. The second-order valence-corrected chi connectivity index (χ2v) is 6.52. The van der Waals surface area contributed by atoms with Gasteiger partial charge in [0.2, 0.25) is 5.95 Å². The fraction of sp³-hybridized carbons (Fsp3) is 0.263. The number of anilines is 2. The van der Waals surface area contributed by atoms with E-state index in [1.165, 1.54) is 12.1 Å². The molecule has 1 saturated carbocycles. The maximum Gasteiger partial charge on any atom is 0.341 e. The van der Waals surface area contributed by atoms with E-state index in [0.717, 1.165) is 32.2 Å². The number of carbonyl (C=O) groups excluding carboxylic acids is 1. The van der Waals surface area contributed by atoms with Gasteiger partial charge in [-0.2, -0.15) is 5.10 Å². The van der Waals surface area contributed by atoms with Crippen molar-refractivity contribution in [3.63, 3.8) is 0 Å². The molecule has 3 aromatic rings. The van der Waals surface area contributed by atoms with Crippen LogP contribution in [0.3, 0.4) is 0 Å². The zero-order valence-corrected chi connectivity index (χ0v) is 15.3. The van der Waals surface area contributed by atoms with Crippen LogP contribution in [0.1, 0.15) is 41.2 Å². The number of nitrogens with one attached hydrogen (secondary N) is 1. The molecule has 0 bridgehead atoms. The summed E-state index contributed by atoms with van der Waals surface area (Å²) in [6, 6.07) is 4.06. The van der Waals surface area contributed by atoms with Crippen LogP contribution in [0.2, 0.25) is 0 Å². The highest BCUT2D eigenvalue weighted by atomic mass is 19.3. The van der Waals surface area contributed by atoms with Gasteiger partial charge in [-0.05, 0) is 18.9 Å². The van der Waals surface area contributed by atoms with E-state index in [1.54, 1.807) is 17.1 Å². The third-order valence-corrected chi connectivity index (χ3v) is 4.49. The van der Waals surface area contributed by atoms with Crippen molar-refractivity contribution in [1.29, 1.82) is 0 Å². The van der Waals surface area contributed by atoms with E-state index in [1.807, 2.05) is 0 Å². The molecule has 0 atom stereocenters. The third kappa shape index (κ3) is 3.78. The lowest BCUT2D eigenvalue weighted by Crippen LogP contribution is -2.09. The number of esters is 1. The molecular weight excluding hydrogens is 387 g/mol. The Hall–Kier alpha value is -3.43. The number of ether oxygens (including phenoxy) is 1. The molecule has 1 N–H and O–H groups in total. The number of halogens is 3. The van der Waals surface area contributed by atoms with Gasteiger partial charge < -0.3 is 10.1 Å². The largest absolute Gasteiger partial charge is 0.465 e. The van der Waals surface area contributed by atoms with Gasteiger partial charge in [0.25, 0.3) is 6.43 Å². The Balaban J connectivity index is 1.76. The van der Waals surface area contributed by atoms with Crippen molar-refractivity contribution in [1.82, 2.24) is 19.7 Å². The lowest BCUT2D eigenvalue weighted by Gasteiger charge is -2.13. The predicted molar refractivity (Wildman–Crippen MR) is 97.5 cm³/mol. The summed E-state index contributed by atoms with van der Waals surface area (Å²) in [5.41, 5.74) is -0.776. The molecule has 0 unspecified atom stereocenters. The maximum absolute atomic E-state index is 14.3. The van der Waals surface area contributed by atoms with E-state index >= 15 is 0 Å². The van der Waals surface area contributed by atoms with Crippen LogP contribution in [0.5, 0.6) is 0 Å². The highest BCUT2D eigenvalue weighted by molar-refractivity contribution is 5.97. The summed E-state index contributed by atoms with van der Waals surface area (Å²) in [7, 11) is 1.08. The van der Waals surface area contributed by atoms with Gasteiger partial charge in [0, 0.05) is 18.0 Å². The molecule has 1 aliphatic rings. The SMILES string of the molecule is COC(=O)c1c(F)cccc1-c1nc(Nc2cnn(C3CC3)c2)ncc1C(F)F. The van der Waals surface area contributed by atoms with Gasteiger partial charge in [0.05, 0.1) is 36.3 Å². The van der Waals surface area contributed by atoms with Crippen molar-refractivity contribution < 1.29 is 22.7 Å². The normalized spacial score (nSPS) is 13.6. The fourth-order valence-corrected chi connectivity index (χ4v) is 2.93. The number of carbonyl (C=O) groups is 1. The van der Waals surface area contributed by atoms with Crippen molar-refractivity contribution in [2.24, 2.45) is 0 Å². The van der Waals surface area contributed by atoms with E-state index in [0.29, 0.717) is 11.7 Å². The number of hydrogen-bond donors (Lipinski definition) is 1. The molecular formula is C19H16F3N5O2. The molecule has 4 rings (SSSR count). The van der Waals surface area contributed by atoms with Gasteiger partial charge in [0.15, 0.2) is 0 Å². The fourth-order valence-electron chi connectivity index (χ4n) is 2.93. The summed E-state index contributed by atoms with van der Waals surface area (Å²) < 4.78 is 47.8. The van der Waals surface area contributed by atoms with Crippen LogP contribution in [-0.2, 0) is 4.74 Å². The van der Waals surface area contributed by atoms with E-state index in [4.69, 9.17) is 0 Å². The summed E-state index contributed by atoms with van der Waals surface area (Å²) >= 11 is 0. The summed E-state index contributed by atoms with van der Waals surface area (Å²) in [5, 5.41) is 7.13. The molecule has 0 spiro atoms. The van der Waals surface area contributed by atoms with Crippen molar-refractivity contribution in [2.75, 3.05) is 12.4 Å². The van der Waals surface area contributed by atoms with Gasteiger partial charge in [-0.15, -0.1) is 0 Å². The lowest BCUT2D eigenvalue weighted by atomic mass is 10.0. The number of benzene rings is 1. The van der Waals surface area contributed by atoms with Gasteiger partial charge in [0.1, 0.15) is 11.4 Å². The van der Waals surface area contributed by atoms with Crippen molar-refractivity contribution in [3.8, 4) is 11.3 Å². The van der Waals surface area contributed by atoms with E-state index in [9.17, 15) is 18.0 Å². The maximum atomic E-state index is 14.3. The minimum atomic E-state index is -2.93. The zero-order chi connectivity index (χ0) is 20.5. The highest BCUT2D eigenvalue weighted by Crippen LogP contribution is 2.36. The summed E-state index contributed by atoms with van der Waals surface area (Å²) in [4.78, 5) is 20.1. The molecule has 1 aliphatic carbocycles. The van der Waals surface area contributed by atoms with Crippen LogP contribution in [0.15, 0.2) is 36.8 Å². The number of nitrogens with zero attached hydrogens (tertiary/aromatic N) is 4. The molecule has 29 heavy (non-hydrogen) atoms. The Kier molecular flexibility index (Phi) is 4.91. The summed E-state index contributed by atoms with van der Waals surface area (Å²) in [6.07, 6.45) is 3.48. The van der Waals surface area contributed by atoms with Gasteiger partial charge >= 0.3 is 5.97 Å². The van der Waals surface area contributed by atoms with Crippen molar-refractivity contribution in [3.05, 3.63) is 53.7 Å². The van der Waals surface area contributed by atoms with E-state index < -0.39 is 29.3 Å². The average molecular weight is 403 g/mol. The summed E-state index contributed by atoms with van der Waals surface area (Å²) in [5.74, 6) is -1.87. The number of aromatic nitrogens is 4. The number of alkyl halides is 2. The molecule has 7 nitrogen and oxygen atoms in total. The van der Waals surface area contributed by atoms with Crippen LogP contribution >= 0.6 is 0 Å². The zero-order valence-electron chi connectivity index (χ0n) is 15.3. The van der Waals surface area contributed by atoms with Gasteiger partial charge in [-0.3, -0.25) is 4.68 Å². The Morgan fingerprint density at radius 3 is 2.79 bits per heavy atom. The first kappa shape index (κ1) is 18.9. The molecule has 0 saturated heterocycles. The minimum absolute atomic E-state index is 0.0137. The van der Waals surface area contributed by atoms with Gasteiger partial charge in [-0.1, -0.05) is 12.1 Å². The van der Waals surface area contributed by atoms with E-state index in [-0.39, 0.29) is 17.2 Å². The smallest absolute Gasteiger partial charge is 0.341 e. The van der Waals surface area contributed by atoms with Gasteiger partial charge in [-0.25, -0.2) is 27.9 Å². The third-order valence-electron chi connectivity index (χ3n) is 4.49. The predicted octanol–water partition coefficient (Wildman–Crippen LogP) is 4.28. The highest BCUT2D eigenvalue weighted by Gasteiger charge is 2.26. The number of rotatable bonds is 6. The Bertz CT molecular complexity index is 1070. The molecule has 2 aromatic heterocycles. The van der Waals surface area contributed by atoms with E-state index in [2.05, 4.69) is 25.1 Å². The Morgan fingerprint density at radius 1 is 1.31 bits per heavy atom. The second-order valence-electron chi connectivity index (χ2n) is 6.52. The number of hydrogen-bond acceptors (Lipinski definition) is 6. The molecule has 10 heteroatoms. The Morgan fingerprint density at radius 2 is 2.10 bits per heavy atom. The first-order chi connectivity index (χ1) is 14.0. The number of methoxy groups -OCH3 is 1. The first-order valence-corrected chi connectivity index (χ1v) is 8.81. The quantitative estimate of drug-likeness (QED) is 0.619. The van der Waals surface area contributed by atoms with Crippen LogP contribution in [0.25, 0.3) is 11.3 Å². The minimum Gasteiger partial charge on any atom is -0.465 e. The van der Waals surface area contributed by atoms with Crippen LogP contribution in [0.4, 0.5) is 24.8 Å². The molecule has 2 heterocycles. The Labute approximate surface area is 163 Å². The van der Waals surface area contributed by atoms with Crippen molar-refractivity contribution >= 4 is 17.6 Å². The van der Waals surface area contributed by atoms with Crippen LogP contribution in [-0.4, -0.2) is 32.8 Å². The molecule has 0 amide bonds. The van der Waals surface area contributed by atoms with Crippen molar-refractivity contribution in [2.45, 2.75) is 25.3 Å². The molecule has 0 radical (unpaired) electrons. The lowest BCUT2D eigenvalue weighted by molar-refractivity contribution is 0.0596. The topological polar surface area (TPSA) is 81.9 Å². The summed E-state index contributed by atoms with van der Waals surface area (Å²) in [6.45, 7) is 0. The molecule has 0 aliphatic heterocycles. The molecule has 1 aromatic carbocycles. The average Bonchev–Trinajstić information content (AvgIpc) is 3.46. The second kappa shape index (κ2) is 7.53. The van der Waals surface area contributed by atoms with Crippen LogP contribution < -0.4 is 5.32 Å². The van der Waals surface area contributed by atoms with Crippen LogP contribution in [0, 0.1) is 5.82 Å². The molecule has 1 fully saturated rings.